The fraction of sp³-hybridized carbons (Fsp3) is 0.556. The second-order valence-electron chi connectivity index (χ2n) is 4.06. The molecule has 0 aromatic heterocycles. The average molecular weight is 199 g/mol. The number of hydrogen-bond donors (Lipinski definition) is 3. The van der Waals surface area contributed by atoms with E-state index in [0.717, 1.165) is 0 Å². The molecule has 0 aliphatic heterocycles. The highest BCUT2D eigenvalue weighted by atomic mass is 16.2. The predicted molar refractivity (Wildman–Crippen MR) is 54.0 cm³/mol. The van der Waals surface area contributed by atoms with Crippen molar-refractivity contribution in [3.63, 3.8) is 0 Å². The number of rotatable bonds is 2. The third kappa shape index (κ3) is 6.05. The summed E-state index contributed by atoms with van der Waals surface area (Å²) in [5.41, 5.74) is 4.80. The molecule has 0 rings (SSSR count). The molecule has 2 amide bonds. The van der Waals surface area contributed by atoms with Crippen LogP contribution in [0.5, 0.6) is 0 Å². The van der Waals surface area contributed by atoms with Gasteiger partial charge in [-0.15, -0.1) is 0 Å². The van der Waals surface area contributed by atoms with Gasteiger partial charge in [0.25, 0.3) is 0 Å². The lowest BCUT2D eigenvalue weighted by Gasteiger charge is -2.19. The number of carbonyl (C=O) groups is 2. The molecule has 5 heteroatoms. The second-order valence-corrected chi connectivity index (χ2v) is 4.06. The molecular formula is C9H17N3O2. The Morgan fingerprint density at radius 2 is 1.57 bits per heavy atom. The maximum absolute atomic E-state index is 11.2. The Morgan fingerprint density at radius 1 is 1.07 bits per heavy atom. The van der Waals surface area contributed by atoms with Crippen LogP contribution in [0, 0.1) is 0 Å². The molecule has 14 heavy (non-hydrogen) atoms. The number of hydrogen-bond acceptors (Lipinski definition) is 3. The van der Waals surface area contributed by atoms with Gasteiger partial charge in [-0.25, -0.2) is 0 Å². The molecule has 0 bridgehead atoms. The van der Waals surface area contributed by atoms with Crippen LogP contribution in [0.3, 0.4) is 0 Å². The van der Waals surface area contributed by atoms with Crippen molar-refractivity contribution in [3.05, 3.63) is 12.3 Å². The first-order valence-corrected chi connectivity index (χ1v) is 4.26. The van der Waals surface area contributed by atoms with Gasteiger partial charge in [0, 0.05) is 11.2 Å². The van der Waals surface area contributed by atoms with Crippen molar-refractivity contribution in [3.8, 4) is 0 Å². The Balaban J connectivity index is 4.01. The zero-order valence-electron chi connectivity index (χ0n) is 9.02. The molecule has 0 spiro atoms. The molecule has 0 heterocycles. The van der Waals surface area contributed by atoms with Crippen molar-refractivity contribution in [2.24, 2.45) is 0 Å². The van der Waals surface area contributed by atoms with E-state index in [-0.39, 0.29) is 0 Å². The van der Waals surface area contributed by atoms with Crippen LogP contribution in [0.15, 0.2) is 12.3 Å². The molecule has 0 atom stereocenters. The zero-order valence-corrected chi connectivity index (χ0v) is 9.02. The minimum Gasteiger partial charge on any atom is -0.343 e. The first kappa shape index (κ1) is 12.5. The second kappa shape index (κ2) is 4.64. The molecular weight excluding hydrogens is 182 g/mol. The molecule has 0 aromatic carbocycles. The molecule has 0 unspecified atom stereocenters. The Hall–Kier alpha value is -1.52. The van der Waals surface area contributed by atoms with Crippen molar-refractivity contribution in [2.45, 2.75) is 33.2 Å². The van der Waals surface area contributed by atoms with Gasteiger partial charge in [-0.2, -0.15) is 0 Å². The standard InChI is InChI=1S/C9H17N3O2/c1-6(2)11-12-8(14)7(13)10-9(3,4)5/h11H,1H2,2-5H3,(H,10,13)(H,12,14). The van der Waals surface area contributed by atoms with Crippen molar-refractivity contribution < 1.29 is 9.59 Å². The van der Waals surface area contributed by atoms with Gasteiger partial charge in [0.1, 0.15) is 0 Å². The van der Waals surface area contributed by atoms with Crippen LogP contribution in [-0.2, 0) is 9.59 Å². The van der Waals surface area contributed by atoms with Gasteiger partial charge in [0.2, 0.25) is 0 Å². The minimum absolute atomic E-state index is 0.419. The van der Waals surface area contributed by atoms with Gasteiger partial charge >= 0.3 is 11.8 Å². The summed E-state index contributed by atoms with van der Waals surface area (Å²) in [7, 11) is 0. The highest BCUT2D eigenvalue weighted by molar-refractivity contribution is 6.35. The summed E-state index contributed by atoms with van der Waals surface area (Å²) >= 11 is 0. The zero-order chi connectivity index (χ0) is 11.4. The van der Waals surface area contributed by atoms with E-state index in [1.165, 1.54) is 0 Å². The molecule has 0 aromatic rings. The van der Waals surface area contributed by atoms with Gasteiger partial charge in [0.15, 0.2) is 0 Å². The first-order valence-electron chi connectivity index (χ1n) is 4.26. The van der Waals surface area contributed by atoms with E-state index in [2.05, 4.69) is 22.7 Å². The average Bonchev–Trinajstić information content (AvgIpc) is 1.96. The molecule has 0 saturated carbocycles. The van der Waals surface area contributed by atoms with Crippen molar-refractivity contribution in [1.82, 2.24) is 16.2 Å². The quantitative estimate of drug-likeness (QED) is 0.435. The van der Waals surface area contributed by atoms with E-state index in [4.69, 9.17) is 0 Å². The Morgan fingerprint density at radius 3 is 1.93 bits per heavy atom. The van der Waals surface area contributed by atoms with E-state index >= 15 is 0 Å². The molecule has 5 nitrogen and oxygen atoms in total. The molecule has 0 aliphatic rings. The summed E-state index contributed by atoms with van der Waals surface area (Å²) in [6.07, 6.45) is 0. The maximum Gasteiger partial charge on any atom is 0.327 e. The van der Waals surface area contributed by atoms with Crippen LogP contribution < -0.4 is 16.2 Å². The molecule has 0 saturated heterocycles. The monoisotopic (exact) mass is 199 g/mol. The van der Waals surface area contributed by atoms with E-state index in [1.807, 2.05) is 0 Å². The number of nitrogens with one attached hydrogen (secondary N) is 3. The third-order valence-corrected chi connectivity index (χ3v) is 1.08. The summed E-state index contributed by atoms with van der Waals surface area (Å²) in [6, 6.07) is 0. The number of amides is 2. The first-order chi connectivity index (χ1) is 6.22. The summed E-state index contributed by atoms with van der Waals surface area (Å²) < 4.78 is 0. The Labute approximate surface area is 83.9 Å². The number of allylic oxidation sites excluding steroid dienone is 1. The molecule has 80 valence electrons. The minimum atomic E-state index is -0.733. The molecule has 0 radical (unpaired) electrons. The van der Waals surface area contributed by atoms with Gasteiger partial charge in [-0.3, -0.25) is 15.0 Å². The van der Waals surface area contributed by atoms with Gasteiger partial charge in [0.05, 0.1) is 0 Å². The lowest BCUT2D eigenvalue weighted by molar-refractivity contribution is -0.140. The van der Waals surface area contributed by atoms with Gasteiger partial charge in [-0.05, 0) is 27.7 Å². The topological polar surface area (TPSA) is 70.2 Å². The van der Waals surface area contributed by atoms with Crippen LogP contribution >= 0.6 is 0 Å². The van der Waals surface area contributed by atoms with Crippen LogP contribution in [0.1, 0.15) is 27.7 Å². The van der Waals surface area contributed by atoms with Gasteiger partial charge in [-0.1, -0.05) is 6.58 Å². The summed E-state index contributed by atoms with van der Waals surface area (Å²) in [4.78, 5) is 22.3. The Kier molecular flexibility index (Phi) is 4.14. The molecule has 0 aliphatic carbocycles. The maximum atomic E-state index is 11.2. The van der Waals surface area contributed by atoms with Crippen LogP contribution in [0.25, 0.3) is 0 Å². The van der Waals surface area contributed by atoms with Crippen LogP contribution in [0.2, 0.25) is 0 Å². The Bertz CT molecular complexity index is 253. The van der Waals surface area contributed by atoms with E-state index in [9.17, 15) is 9.59 Å². The van der Waals surface area contributed by atoms with E-state index in [0.29, 0.717) is 5.70 Å². The van der Waals surface area contributed by atoms with E-state index < -0.39 is 17.4 Å². The van der Waals surface area contributed by atoms with Crippen molar-refractivity contribution in [1.29, 1.82) is 0 Å². The summed E-state index contributed by atoms with van der Waals surface area (Å²) in [5, 5.41) is 2.52. The fourth-order valence-corrected chi connectivity index (χ4v) is 0.618. The largest absolute Gasteiger partial charge is 0.343 e. The lowest BCUT2D eigenvalue weighted by Crippen LogP contribution is -2.50. The molecule has 0 fully saturated rings. The van der Waals surface area contributed by atoms with E-state index in [1.54, 1.807) is 27.7 Å². The highest BCUT2D eigenvalue weighted by Gasteiger charge is 2.19. The summed E-state index contributed by atoms with van der Waals surface area (Å²) in [6.45, 7) is 10.6. The van der Waals surface area contributed by atoms with Crippen molar-refractivity contribution in [2.75, 3.05) is 0 Å². The highest BCUT2D eigenvalue weighted by Crippen LogP contribution is 1.97. The third-order valence-electron chi connectivity index (χ3n) is 1.08. The lowest BCUT2D eigenvalue weighted by atomic mass is 10.1. The normalized spacial score (nSPS) is 10.3. The number of hydrazine groups is 1. The molecule has 3 N–H and O–H groups in total. The summed E-state index contributed by atoms with van der Waals surface area (Å²) in [5.74, 6) is -1.41. The number of carbonyl (C=O) groups excluding carboxylic acids is 2. The SMILES string of the molecule is C=C(C)NNC(=O)C(=O)NC(C)(C)C. The van der Waals surface area contributed by atoms with Crippen molar-refractivity contribution >= 4 is 11.8 Å². The predicted octanol–water partition coefficient (Wildman–Crippen LogP) is 0.0555. The van der Waals surface area contributed by atoms with Gasteiger partial charge < -0.3 is 10.7 Å². The smallest absolute Gasteiger partial charge is 0.327 e. The van der Waals surface area contributed by atoms with Crippen LogP contribution in [0.4, 0.5) is 0 Å². The fourth-order valence-electron chi connectivity index (χ4n) is 0.618. The van der Waals surface area contributed by atoms with Crippen LogP contribution in [-0.4, -0.2) is 17.4 Å².